The van der Waals surface area contributed by atoms with Gasteiger partial charge in [0.1, 0.15) is 0 Å². The Morgan fingerprint density at radius 2 is 2.07 bits per heavy atom. The molecule has 1 N–H and O–H groups in total. The molecule has 2 heterocycles. The van der Waals surface area contributed by atoms with Gasteiger partial charge >= 0.3 is 5.97 Å². The minimum atomic E-state index is -0.454. The second-order valence-electron chi connectivity index (χ2n) is 6.46. The lowest BCUT2D eigenvalue weighted by atomic mass is 10.1. The number of esters is 1. The number of nitrogens with zero attached hydrogens (tertiary/aromatic N) is 1. The van der Waals surface area contributed by atoms with E-state index in [9.17, 15) is 14.4 Å². The van der Waals surface area contributed by atoms with Crippen LogP contribution in [0.2, 0.25) is 0 Å². The van der Waals surface area contributed by atoms with Crippen molar-refractivity contribution in [2.24, 2.45) is 5.92 Å². The van der Waals surface area contributed by atoms with E-state index in [4.69, 9.17) is 4.74 Å². The second kappa shape index (κ2) is 9.25. The molecule has 0 radical (unpaired) electrons. The van der Waals surface area contributed by atoms with Crippen LogP contribution >= 0.6 is 23.1 Å². The Morgan fingerprint density at radius 1 is 1.32 bits per heavy atom. The predicted molar refractivity (Wildman–Crippen MR) is 111 cm³/mol. The third-order valence-electron chi connectivity index (χ3n) is 4.68. The summed E-state index contributed by atoms with van der Waals surface area (Å²) in [7, 11) is 1.32. The van der Waals surface area contributed by atoms with E-state index in [-0.39, 0.29) is 24.7 Å². The molecule has 2 atom stereocenters. The number of methoxy groups -OCH3 is 1. The summed E-state index contributed by atoms with van der Waals surface area (Å²) in [4.78, 5) is 40.6. The topological polar surface area (TPSA) is 75.7 Å². The van der Waals surface area contributed by atoms with Gasteiger partial charge in [-0.25, -0.2) is 0 Å². The molecule has 0 aliphatic carbocycles. The normalized spacial score (nSPS) is 17.4. The average molecular weight is 419 g/mol. The van der Waals surface area contributed by atoms with Crippen molar-refractivity contribution < 1.29 is 19.1 Å². The number of hydrogen-bond acceptors (Lipinski definition) is 6. The maximum atomic E-state index is 12.8. The molecule has 0 bridgehead atoms. The standard InChI is InChI=1S/C20H22N2O4S2/c1-26-19(24)11-16(17-4-3-9-28-17)21-20(25)13-10-18(23)22(12-13)14-5-7-15(27-2)8-6-14/h3-9,13,16H,10-12H2,1-2H3,(H,21,25)/t13-,16-/m0/s1. The molecule has 1 saturated heterocycles. The van der Waals surface area contributed by atoms with Crippen molar-refractivity contribution in [1.82, 2.24) is 5.32 Å². The highest BCUT2D eigenvalue weighted by Gasteiger charge is 2.36. The SMILES string of the molecule is COC(=O)C[C@H](NC(=O)[C@H]1CC(=O)N(c2ccc(SC)cc2)C1)c1cccs1. The Balaban J connectivity index is 1.67. The number of amides is 2. The molecule has 0 spiro atoms. The van der Waals surface area contributed by atoms with Gasteiger partial charge in [0.2, 0.25) is 11.8 Å². The Bertz CT molecular complexity index is 836. The molecule has 1 fully saturated rings. The highest BCUT2D eigenvalue weighted by Crippen LogP contribution is 2.29. The number of hydrogen-bond donors (Lipinski definition) is 1. The van der Waals surface area contributed by atoms with Crippen molar-refractivity contribution in [1.29, 1.82) is 0 Å². The van der Waals surface area contributed by atoms with Crippen molar-refractivity contribution in [3.05, 3.63) is 46.7 Å². The van der Waals surface area contributed by atoms with E-state index in [0.717, 1.165) is 15.5 Å². The van der Waals surface area contributed by atoms with Crippen LogP contribution in [-0.2, 0) is 19.1 Å². The molecule has 148 valence electrons. The molecule has 1 aromatic heterocycles. The van der Waals surface area contributed by atoms with Gasteiger partial charge in [-0.05, 0) is 42.0 Å². The Hall–Kier alpha value is -2.32. The summed E-state index contributed by atoms with van der Waals surface area (Å²) in [5, 5.41) is 4.82. The van der Waals surface area contributed by atoms with Crippen LogP contribution in [-0.4, -0.2) is 37.7 Å². The summed E-state index contributed by atoms with van der Waals surface area (Å²) in [5.41, 5.74) is 0.794. The first-order valence-electron chi connectivity index (χ1n) is 8.86. The quantitative estimate of drug-likeness (QED) is 0.552. The predicted octanol–water partition coefficient (Wildman–Crippen LogP) is 3.24. The first kappa shape index (κ1) is 20.4. The highest BCUT2D eigenvalue weighted by atomic mass is 32.2. The number of nitrogens with one attached hydrogen (secondary N) is 1. The molecule has 1 aliphatic rings. The van der Waals surface area contributed by atoms with E-state index in [0.29, 0.717) is 6.54 Å². The Labute approximate surface area is 172 Å². The van der Waals surface area contributed by atoms with Crippen LogP contribution in [0.1, 0.15) is 23.8 Å². The van der Waals surface area contributed by atoms with Crippen LogP contribution in [0.15, 0.2) is 46.7 Å². The van der Waals surface area contributed by atoms with E-state index in [1.807, 2.05) is 48.0 Å². The maximum absolute atomic E-state index is 12.8. The molecule has 2 amide bonds. The number of carbonyl (C=O) groups is 3. The van der Waals surface area contributed by atoms with Crippen LogP contribution in [0.3, 0.4) is 0 Å². The Kier molecular flexibility index (Phi) is 6.74. The van der Waals surface area contributed by atoms with Gasteiger partial charge in [0, 0.05) is 28.4 Å². The van der Waals surface area contributed by atoms with Gasteiger partial charge in [0.05, 0.1) is 25.5 Å². The number of benzene rings is 1. The molecule has 28 heavy (non-hydrogen) atoms. The van der Waals surface area contributed by atoms with Crippen LogP contribution in [0.4, 0.5) is 5.69 Å². The summed E-state index contributed by atoms with van der Waals surface area (Å²) in [6, 6.07) is 11.0. The highest BCUT2D eigenvalue weighted by molar-refractivity contribution is 7.98. The minimum Gasteiger partial charge on any atom is -0.469 e. The van der Waals surface area contributed by atoms with Crippen LogP contribution in [0.5, 0.6) is 0 Å². The molecule has 8 heteroatoms. The molecule has 1 aromatic carbocycles. The summed E-state index contributed by atoms with van der Waals surface area (Å²) in [6.45, 7) is 0.332. The average Bonchev–Trinajstić information content (AvgIpc) is 3.37. The lowest BCUT2D eigenvalue weighted by molar-refractivity contribution is -0.141. The van der Waals surface area contributed by atoms with E-state index >= 15 is 0 Å². The molecule has 3 rings (SSSR count). The van der Waals surface area contributed by atoms with E-state index in [1.54, 1.807) is 16.7 Å². The van der Waals surface area contributed by atoms with Crippen molar-refractivity contribution in [3.63, 3.8) is 0 Å². The van der Waals surface area contributed by atoms with E-state index < -0.39 is 17.9 Å². The molecular formula is C20H22N2O4S2. The monoisotopic (exact) mass is 418 g/mol. The third-order valence-corrected chi connectivity index (χ3v) is 6.41. The van der Waals surface area contributed by atoms with Crippen molar-refractivity contribution in [3.8, 4) is 0 Å². The van der Waals surface area contributed by atoms with E-state index in [2.05, 4.69) is 5.32 Å². The summed E-state index contributed by atoms with van der Waals surface area (Å²) in [5.74, 6) is -1.14. The molecular weight excluding hydrogens is 396 g/mol. The third kappa shape index (κ3) is 4.74. The summed E-state index contributed by atoms with van der Waals surface area (Å²) < 4.78 is 4.75. The van der Waals surface area contributed by atoms with Crippen molar-refractivity contribution in [2.45, 2.75) is 23.8 Å². The number of thioether (sulfide) groups is 1. The van der Waals surface area contributed by atoms with Gasteiger partial charge < -0.3 is 15.0 Å². The van der Waals surface area contributed by atoms with Crippen LogP contribution < -0.4 is 10.2 Å². The van der Waals surface area contributed by atoms with Crippen LogP contribution in [0, 0.1) is 5.92 Å². The number of carbonyl (C=O) groups excluding carboxylic acids is 3. The van der Waals surface area contributed by atoms with Gasteiger partial charge in [-0.1, -0.05) is 6.07 Å². The molecule has 6 nitrogen and oxygen atoms in total. The van der Waals surface area contributed by atoms with E-state index in [1.165, 1.54) is 18.4 Å². The van der Waals surface area contributed by atoms with Gasteiger partial charge in [-0.3, -0.25) is 14.4 Å². The largest absolute Gasteiger partial charge is 0.469 e. The zero-order valence-electron chi connectivity index (χ0n) is 15.7. The zero-order valence-corrected chi connectivity index (χ0v) is 17.3. The Morgan fingerprint density at radius 3 is 2.68 bits per heavy atom. The number of ether oxygens (including phenoxy) is 1. The summed E-state index contributed by atoms with van der Waals surface area (Å²) in [6.07, 6.45) is 2.21. The number of rotatable bonds is 7. The second-order valence-corrected chi connectivity index (χ2v) is 8.32. The summed E-state index contributed by atoms with van der Waals surface area (Å²) >= 11 is 3.10. The lowest BCUT2D eigenvalue weighted by Crippen LogP contribution is -2.36. The fraction of sp³-hybridized carbons (Fsp3) is 0.350. The van der Waals surface area contributed by atoms with Gasteiger partial charge in [-0.15, -0.1) is 23.1 Å². The van der Waals surface area contributed by atoms with Gasteiger partial charge in [0.25, 0.3) is 0 Å². The first-order chi connectivity index (χ1) is 13.5. The zero-order chi connectivity index (χ0) is 20.1. The molecule has 2 aromatic rings. The minimum absolute atomic E-state index is 0.0588. The molecule has 0 saturated carbocycles. The molecule has 0 unspecified atom stereocenters. The fourth-order valence-electron chi connectivity index (χ4n) is 3.15. The maximum Gasteiger partial charge on any atom is 0.307 e. The van der Waals surface area contributed by atoms with Crippen molar-refractivity contribution in [2.75, 3.05) is 24.8 Å². The van der Waals surface area contributed by atoms with Gasteiger partial charge in [0.15, 0.2) is 0 Å². The number of anilines is 1. The van der Waals surface area contributed by atoms with Crippen molar-refractivity contribution >= 4 is 46.6 Å². The molecule has 1 aliphatic heterocycles. The number of thiophene rings is 1. The fourth-order valence-corrected chi connectivity index (χ4v) is 4.33. The van der Waals surface area contributed by atoms with Gasteiger partial charge in [-0.2, -0.15) is 0 Å². The van der Waals surface area contributed by atoms with Crippen LogP contribution in [0.25, 0.3) is 0 Å². The lowest BCUT2D eigenvalue weighted by Gasteiger charge is -2.20. The first-order valence-corrected chi connectivity index (χ1v) is 11.0. The smallest absolute Gasteiger partial charge is 0.307 e.